The van der Waals surface area contributed by atoms with Gasteiger partial charge in [0.2, 0.25) is 0 Å². The van der Waals surface area contributed by atoms with Gasteiger partial charge in [-0.3, -0.25) is 9.69 Å². The molecular formula is C17H14F5NO3. The van der Waals surface area contributed by atoms with Crippen molar-refractivity contribution < 1.29 is 36.3 Å². The van der Waals surface area contributed by atoms with Gasteiger partial charge in [-0.1, -0.05) is 6.07 Å². The van der Waals surface area contributed by atoms with Crippen LogP contribution in [0.25, 0.3) is 11.3 Å². The number of furan rings is 1. The quantitative estimate of drug-likeness (QED) is 0.823. The predicted octanol–water partition coefficient (Wildman–Crippen LogP) is 3.92. The van der Waals surface area contributed by atoms with Gasteiger partial charge >= 0.3 is 12.1 Å². The number of carboxylic acids is 1. The highest BCUT2D eigenvalue weighted by atomic mass is 19.4. The third-order valence-electron chi connectivity index (χ3n) is 4.38. The van der Waals surface area contributed by atoms with Crippen molar-refractivity contribution in [2.24, 2.45) is 11.8 Å². The molecule has 140 valence electrons. The van der Waals surface area contributed by atoms with E-state index in [0.29, 0.717) is 0 Å². The number of rotatable bonds is 4. The summed E-state index contributed by atoms with van der Waals surface area (Å²) in [5.41, 5.74) is -0.364. The van der Waals surface area contributed by atoms with E-state index in [1.807, 2.05) is 0 Å². The summed E-state index contributed by atoms with van der Waals surface area (Å²) < 4.78 is 71.9. The second-order valence-electron chi connectivity index (χ2n) is 6.15. The summed E-state index contributed by atoms with van der Waals surface area (Å²) in [5.74, 6) is -6.59. The van der Waals surface area contributed by atoms with E-state index in [4.69, 9.17) is 9.52 Å². The Bertz CT molecular complexity index is 797. The Morgan fingerprint density at radius 3 is 2.35 bits per heavy atom. The molecule has 1 fully saturated rings. The van der Waals surface area contributed by atoms with Gasteiger partial charge in [0.25, 0.3) is 0 Å². The van der Waals surface area contributed by atoms with Crippen molar-refractivity contribution >= 4 is 5.97 Å². The minimum absolute atomic E-state index is 0.0862. The van der Waals surface area contributed by atoms with Crippen molar-refractivity contribution in [1.29, 1.82) is 0 Å². The van der Waals surface area contributed by atoms with Crippen LogP contribution in [0.4, 0.5) is 22.0 Å². The lowest BCUT2D eigenvalue weighted by Gasteiger charge is -2.18. The Balaban J connectivity index is 1.77. The van der Waals surface area contributed by atoms with Gasteiger partial charge < -0.3 is 9.52 Å². The normalized spacial score (nSPS) is 21.3. The van der Waals surface area contributed by atoms with Crippen LogP contribution in [0.1, 0.15) is 5.76 Å². The molecule has 0 radical (unpaired) electrons. The first-order valence-electron chi connectivity index (χ1n) is 7.72. The SMILES string of the molecule is O=C(O)[C@@H]1CN(Cc2ccc(-c3c(F)cccc3F)o2)C[C@H]1C(F)(F)F. The number of alkyl halides is 3. The van der Waals surface area contributed by atoms with Gasteiger partial charge in [-0.15, -0.1) is 0 Å². The summed E-state index contributed by atoms with van der Waals surface area (Å²) in [7, 11) is 0. The Kier molecular flexibility index (Phi) is 4.74. The number of halogens is 5. The van der Waals surface area contributed by atoms with Crippen molar-refractivity contribution in [3.05, 3.63) is 47.7 Å². The molecule has 2 aromatic rings. The molecule has 1 saturated heterocycles. The molecule has 1 N–H and O–H groups in total. The lowest BCUT2D eigenvalue weighted by atomic mass is 9.96. The Labute approximate surface area is 144 Å². The zero-order valence-corrected chi connectivity index (χ0v) is 13.3. The average Bonchev–Trinajstić information content (AvgIpc) is 3.14. The fourth-order valence-electron chi connectivity index (χ4n) is 3.15. The standard InChI is InChI=1S/C17H14F5NO3/c18-12-2-1-3-13(19)15(12)14-5-4-9(26-14)6-23-7-10(16(24)25)11(8-23)17(20,21)22/h1-5,10-11H,6-8H2,(H,24,25)/t10-,11-/m1/s1. The third-order valence-corrected chi connectivity index (χ3v) is 4.38. The van der Waals surface area contributed by atoms with Crippen LogP contribution in [0.2, 0.25) is 0 Å². The smallest absolute Gasteiger partial charge is 0.393 e. The van der Waals surface area contributed by atoms with Crippen LogP contribution in [-0.4, -0.2) is 35.2 Å². The van der Waals surface area contributed by atoms with E-state index >= 15 is 0 Å². The molecule has 2 atom stereocenters. The first-order valence-corrected chi connectivity index (χ1v) is 7.72. The van der Waals surface area contributed by atoms with Gasteiger partial charge in [0, 0.05) is 13.1 Å². The minimum Gasteiger partial charge on any atom is -0.481 e. The summed E-state index contributed by atoms with van der Waals surface area (Å²) in [5, 5.41) is 9.01. The molecule has 0 bridgehead atoms. The van der Waals surface area contributed by atoms with Crippen molar-refractivity contribution in [3.8, 4) is 11.3 Å². The van der Waals surface area contributed by atoms with E-state index in [-0.39, 0.29) is 30.2 Å². The highest BCUT2D eigenvalue weighted by Crippen LogP contribution is 2.38. The van der Waals surface area contributed by atoms with Crippen LogP contribution in [0, 0.1) is 23.5 Å². The van der Waals surface area contributed by atoms with Gasteiger partial charge in [-0.05, 0) is 24.3 Å². The van der Waals surface area contributed by atoms with Crippen LogP contribution in [-0.2, 0) is 11.3 Å². The molecule has 1 aromatic heterocycles. The van der Waals surface area contributed by atoms with Crippen LogP contribution < -0.4 is 0 Å². The summed E-state index contributed by atoms with van der Waals surface area (Å²) in [6, 6.07) is 6.05. The second-order valence-corrected chi connectivity index (χ2v) is 6.15. The number of hydrogen-bond donors (Lipinski definition) is 1. The molecular weight excluding hydrogens is 361 g/mol. The zero-order chi connectivity index (χ0) is 19.1. The number of likely N-dealkylation sites (tertiary alicyclic amines) is 1. The number of carbonyl (C=O) groups is 1. The monoisotopic (exact) mass is 375 g/mol. The molecule has 4 nitrogen and oxygen atoms in total. The molecule has 2 heterocycles. The molecule has 0 unspecified atom stereocenters. The lowest BCUT2D eigenvalue weighted by molar-refractivity contribution is -0.188. The van der Waals surface area contributed by atoms with E-state index in [2.05, 4.69) is 0 Å². The maximum Gasteiger partial charge on any atom is 0.393 e. The summed E-state index contributed by atoms with van der Waals surface area (Å²) in [4.78, 5) is 12.4. The van der Waals surface area contributed by atoms with Crippen LogP contribution >= 0.6 is 0 Å². The van der Waals surface area contributed by atoms with Crippen molar-refractivity contribution in [3.63, 3.8) is 0 Å². The molecule has 1 aromatic carbocycles. The highest BCUT2D eigenvalue weighted by molar-refractivity contribution is 5.71. The summed E-state index contributed by atoms with van der Waals surface area (Å²) >= 11 is 0. The number of benzene rings is 1. The maximum absolute atomic E-state index is 13.8. The van der Waals surface area contributed by atoms with Gasteiger partial charge in [-0.25, -0.2) is 8.78 Å². The number of nitrogens with zero attached hydrogens (tertiary/aromatic N) is 1. The van der Waals surface area contributed by atoms with E-state index < -0.39 is 42.2 Å². The molecule has 0 saturated carbocycles. The van der Waals surface area contributed by atoms with Crippen LogP contribution in [0.5, 0.6) is 0 Å². The molecule has 26 heavy (non-hydrogen) atoms. The molecule has 0 amide bonds. The fraction of sp³-hybridized carbons (Fsp3) is 0.353. The highest BCUT2D eigenvalue weighted by Gasteiger charge is 2.52. The Morgan fingerprint density at radius 1 is 1.15 bits per heavy atom. The Hall–Kier alpha value is -2.42. The number of carboxylic acid groups (broad SMARTS) is 1. The van der Waals surface area contributed by atoms with E-state index in [1.54, 1.807) is 0 Å². The van der Waals surface area contributed by atoms with Crippen LogP contribution in [0.15, 0.2) is 34.7 Å². The molecule has 9 heteroatoms. The van der Waals surface area contributed by atoms with Crippen molar-refractivity contribution in [2.75, 3.05) is 13.1 Å². The topological polar surface area (TPSA) is 53.7 Å². The van der Waals surface area contributed by atoms with Gasteiger partial charge in [0.15, 0.2) is 0 Å². The molecule has 1 aliphatic rings. The van der Waals surface area contributed by atoms with Gasteiger partial charge in [0.1, 0.15) is 23.2 Å². The number of aliphatic carboxylic acids is 1. The molecule has 0 aliphatic carbocycles. The summed E-state index contributed by atoms with van der Waals surface area (Å²) in [6.45, 7) is -0.861. The maximum atomic E-state index is 13.8. The summed E-state index contributed by atoms with van der Waals surface area (Å²) in [6.07, 6.45) is -4.62. The van der Waals surface area contributed by atoms with E-state index in [1.165, 1.54) is 23.1 Å². The van der Waals surface area contributed by atoms with Gasteiger partial charge in [-0.2, -0.15) is 13.2 Å². The third kappa shape index (κ3) is 3.57. The first kappa shape index (κ1) is 18.4. The number of hydrogen-bond acceptors (Lipinski definition) is 3. The van der Waals surface area contributed by atoms with E-state index in [0.717, 1.165) is 12.1 Å². The molecule has 0 spiro atoms. The predicted molar refractivity (Wildman–Crippen MR) is 80.0 cm³/mol. The van der Waals surface area contributed by atoms with E-state index in [9.17, 15) is 26.7 Å². The minimum atomic E-state index is -4.62. The Morgan fingerprint density at radius 2 is 1.81 bits per heavy atom. The molecule has 1 aliphatic heterocycles. The zero-order valence-electron chi connectivity index (χ0n) is 13.3. The average molecular weight is 375 g/mol. The fourth-order valence-corrected chi connectivity index (χ4v) is 3.15. The van der Waals surface area contributed by atoms with Crippen molar-refractivity contribution in [1.82, 2.24) is 4.90 Å². The van der Waals surface area contributed by atoms with Crippen LogP contribution in [0.3, 0.4) is 0 Å². The molecule has 3 rings (SSSR count). The second kappa shape index (κ2) is 6.71. The van der Waals surface area contributed by atoms with Crippen molar-refractivity contribution in [2.45, 2.75) is 12.7 Å². The largest absolute Gasteiger partial charge is 0.481 e. The lowest BCUT2D eigenvalue weighted by Crippen LogP contribution is -2.33. The first-order chi connectivity index (χ1) is 12.2. The van der Waals surface area contributed by atoms with Gasteiger partial charge in [0.05, 0.1) is 23.9 Å².